The van der Waals surface area contributed by atoms with Crippen molar-refractivity contribution >= 4 is 27.7 Å². The number of carbonyl (C=O) groups excluding carboxylic acids is 2. The molecule has 0 unspecified atom stereocenters. The van der Waals surface area contributed by atoms with Gasteiger partial charge in [-0.05, 0) is 49.2 Å². The van der Waals surface area contributed by atoms with Gasteiger partial charge in [0.25, 0.3) is 11.8 Å². The molecule has 0 bridgehead atoms. The number of nitrogens with one attached hydrogen (secondary N) is 1. The van der Waals surface area contributed by atoms with Crippen LogP contribution in [-0.2, 0) is 0 Å². The van der Waals surface area contributed by atoms with Crippen LogP contribution in [0, 0.1) is 0 Å². The Morgan fingerprint density at radius 1 is 1.00 bits per heavy atom. The molecule has 0 aromatic heterocycles. The molecule has 2 aromatic carbocycles. The third-order valence-electron chi connectivity index (χ3n) is 4.87. The Kier molecular flexibility index (Phi) is 6.57. The zero-order valence-electron chi connectivity index (χ0n) is 15.9. The summed E-state index contributed by atoms with van der Waals surface area (Å²) in [7, 11) is 3.07. The molecule has 1 aliphatic heterocycles. The Morgan fingerprint density at radius 2 is 1.57 bits per heavy atom. The summed E-state index contributed by atoms with van der Waals surface area (Å²) in [5, 5.41) is 3.06. The van der Waals surface area contributed by atoms with Gasteiger partial charge in [-0.3, -0.25) is 9.59 Å². The third-order valence-corrected chi connectivity index (χ3v) is 5.39. The summed E-state index contributed by atoms with van der Waals surface area (Å²) < 4.78 is 11.6. The number of methoxy groups -OCH3 is 2. The quantitative estimate of drug-likeness (QED) is 0.762. The summed E-state index contributed by atoms with van der Waals surface area (Å²) >= 11 is 3.37. The van der Waals surface area contributed by atoms with E-state index in [9.17, 15) is 9.59 Å². The van der Waals surface area contributed by atoms with Crippen LogP contribution < -0.4 is 14.8 Å². The summed E-state index contributed by atoms with van der Waals surface area (Å²) in [5.41, 5.74) is 1.06. The average Bonchev–Trinajstić information content (AvgIpc) is 2.73. The van der Waals surface area contributed by atoms with Crippen LogP contribution in [0.1, 0.15) is 33.6 Å². The number of nitrogens with zero attached hydrogens (tertiary/aromatic N) is 1. The molecule has 2 amide bonds. The Balaban J connectivity index is 1.62. The molecule has 3 rings (SSSR count). The second kappa shape index (κ2) is 9.10. The maximum atomic E-state index is 13.0. The number of benzene rings is 2. The normalized spacial score (nSPS) is 14.5. The number of halogens is 1. The number of piperidine rings is 1. The maximum Gasteiger partial charge on any atom is 0.261 e. The second-order valence-electron chi connectivity index (χ2n) is 6.58. The highest BCUT2D eigenvalue weighted by Gasteiger charge is 2.28. The molecule has 6 nitrogen and oxygen atoms in total. The van der Waals surface area contributed by atoms with Gasteiger partial charge in [0.05, 0.1) is 14.2 Å². The predicted molar refractivity (Wildman–Crippen MR) is 110 cm³/mol. The Bertz CT molecular complexity index is 824. The van der Waals surface area contributed by atoms with E-state index in [1.165, 1.54) is 14.2 Å². The van der Waals surface area contributed by atoms with Gasteiger partial charge in [0.15, 0.2) is 0 Å². The summed E-state index contributed by atoms with van der Waals surface area (Å²) in [6.45, 7) is 1.12. The molecule has 2 aromatic rings. The van der Waals surface area contributed by atoms with Crippen LogP contribution in [0.5, 0.6) is 11.5 Å². The average molecular weight is 447 g/mol. The Labute approximate surface area is 172 Å². The van der Waals surface area contributed by atoms with Crippen LogP contribution in [0.2, 0.25) is 0 Å². The maximum absolute atomic E-state index is 13.0. The van der Waals surface area contributed by atoms with Crippen LogP contribution in [0.15, 0.2) is 46.9 Å². The Hall–Kier alpha value is -2.54. The molecule has 0 aliphatic carbocycles. The first-order valence-electron chi connectivity index (χ1n) is 9.10. The molecule has 0 radical (unpaired) electrons. The molecule has 0 spiro atoms. The van der Waals surface area contributed by atoms with Gasteiger partial charge in [-0.1, -0.05) is 22.0 Å². The molecule has 1 fully saturated rings. The van der Waals surface area contributed by atoms with Crippen molar-refractivity contribution in [2.24, 2.45) is 0 Å². The lowest BCUT2D eigenvalue weighted by atomic mass is 10.0. The first kappa shape index (κ1) is 20.2. The van der Waals surface area contributed by atoms with Crippen molar-refractivity contribution in [2.45, 2.75) is 18.9 Å². The molecule has 0 saturated carbocycles. The van der Waals surface area contributed by atoms with Crippen molar-refractivity contribution in [3.8, 4) is 11.5 Å². The van der Waals surface area contributed by atoms with Gasteiger partial charge in [0, 0.05) is 29.2 Å². The lowest BCUT2D eigenvalue weighted by molar-refractivity contribution is 0.0691. The van der Waals surface area contributed by atoms with Gasteiger partial charge in [-0.15, -0.1) is 0 Å². The minimum absolute atomic E-state index is 0.0414. The van der Waals surface area contributed by atoms with E-state index in [-0.39, 0.29) is 17.9 Å². The lowest BCUT2D eigenvalue weighted by Gasteiger charge is -2.33. The smallest absolute Gasteiger partial charge is 0.261 e. The van der Waals surface area contributed by atoms with Crippen LogP contribution in [-0.4, -0.2) is 50.1 Å². The zero-order valence-corrected chi connectivity index (χ0v) is 17.5. The van der Waals surface area contributed by atoms with Gasteiger partial charge in [-0.25, -0.2) is 0 Å². The van der Waals surface area contributed by atoms with Gasteiger partial charge in [0.2, 0.25) is 0 Å². The number of hydrogen-bond donors (Lipinski definition) is 1. The third kappa shape index (κ3) is 4.47. The van der Waals surface area contributed by atoms with E-state index in [0.717, 1.165) is 4.47 Å². The largest absolute Gasteiger partial charge is 0.496 e. The van der Waals surface area contributed by atoms with Crippen LogP contribution in [0.25, 0.3) is 0 Å². The lowest BCUT2D eigenvalue weighted by Crippen LogP contribution is -2.46. The molecule has 1 saturated heterocycles. The fourth-order valence-electron chi connectivity index (χ4n) is 3.32. The topological polar surface area (TPSA) is 67.9 Å². The number of hydrogen-bond acceptors (Lipinski definition) is 4. The fourth-order valence-corrected chi connectivity index (χ4v) is 3.58. The molecule has 1 aliphatic rings. The van der Waals surface area contributed by atoms with E-state index in [4.69, 9.17) is 9.47 Å². The highest BCUT2D eigenvalue weighted by atomic mass is 79.9. The van der Waals surface area contributed by atoms with Crippen LogP contribution in [0.4, 0.5) is 0 Å². The van der Waals surface area contributed by atoms with E-state index in [0.29, 0.717) is 48.6 Å². The molecule has 1 N–H and O–H groups in total. The van der Waals surface area contributed by atoms with Crippen molar-refractivity contribution in [3.05, 3.63) is 58.1 Å². The number of carbonyl (C=O) groups is 2. The number of amides is 2. The standard InChI is InChI=1S/C21H23BrN2O4/c1-27-17-4-3-5-18(28-2)19(17)21(26)24-12-10-16(11-13-24)23-20(25)14-6-8-15(22)9-7-14/h3-9,16H,10-13H2,1-2H3,(H,23,25). The van der Waals surface area contributed by atoms with Crippen molar-refractivity contribution in [1.29, 1.82) is 0 Å². The van der Waals surface area contributed by atoms with Crippen molar-refractivity contribution in [3.63, 3.8) is 0 Å². The molecular formula is C21H23BrN2O4. The molecule has 0 atom stereocenters. The molecular weight excluding hydrogens is 424 g/mol. The van der Waals surface area contributed by atoms with Crippen LogP contribution in [0.3, 0.4) is 0 Å². The van der Waals surface area contributed by atoms with Gasteiger partial charge in [0.1, 0.15) is 17.1 Å². The zero-order chi connectivity index (χ0) is 20.1. The summed E-state index contributed by atoms with van der Waals surface area (Å²) in [5.74, 6) is 0.778. The fraction of sp³-hybridized carbons (Fsp3) is 0.333. The number of likely N-dealkylation sites (tertiary alicyclic amines) is 1. The highest BCUT2D eigenvalue weighted by Crippen LogP contribution is 2.30. The van der Waals surface area contributed by atoms with E-state index >= 15 is 0 Å². The van der Waals surface area contributed by atoms with E-state index in [1.807, 2.05) is 12.1 Å². The van der Waals surface area contributed by atoms with Crippen molar-refractivity contribution in [2.75, 3.05) is 27.3 Å². The first-order chi connectivity index (χ1) is 13.5. The minimum Gasteiger partial charge on any atom is -0.496 e. The second-order valence-corrected chi connectivity index (χ2v) is 7.50. The minimum atomic E-state index is -0.119. The summed E-state index contributed by atoms with van der Waals surface area (Å²) in [4.78, 5) is 27.2. The van der Waals surface area contributed by atoms with Gasteiger partial charge in [-0.2, -0.15) is 0 Å². The number of rotatable bonds is 5. The van der Waals surface area contributed by atoms with E-state index in [2.05, 4.69) is 21.2 Å². The van der Waals surface area contributed by atoms with Crippen molar-refractivity contribution in [1.82, 2.24) is 10.2 Å². The van der Waals surface area contributed by atoms with E-state index < -0.39 is 0 Å². The highest BCUT2D eigenvalue weighted by molar-refractivity contribution is 9.10. The Morgan fingerprint density at radius 3 is 2.11 bits per heavy atom. The summed E-state index contributed by atoms with van der Waals surface area (Å²) in [6, 6.07) is 12.6. The molecule has 1 heterocycles. The monoisotopic (exact) mass is 446 g/mol. The molecule has 7 heteroatoms. The summed E-state index contributed by atoms with van der Waals surface area (Å²) in [6.07, 6.45) is 1.40. The SMILES string of the molecule is COc1cccc(OC)c1C(=O)N1CCC(NC(=O)c2ccc(Br)cc2)CC1. The van der Waals surface area contributed by atoms with E-state index in [1.54, 1.807) is 35.2 Å². The van der Waals surface area contributed by atoms with Gasteiger partial charge >= 0.3 is 0 Å². The predicted octanol–water partition coefficient (Wildman–Crippen LogP) is 3.50. The van der Waals surface area contributed by atoms with Crippen LogP contribution >= 0.6 is 15.9 Å². The molecule has 148 valence electrons. The first-order valence-corrected chi connectivity index (χ1v) is 9.89. The van der Waals surface area contributed by atoms with Crippen molar-refractivity contribution < 1.29 is 19.1 Å². The molecule has 28 heavy (non-hydrogen) atoms. The van der Waals surface area contributed by atoms with Gasteiger partial charge < -0.3 is 19.7 Å². The number of ether oxygens (including phenoxy) is 2.